The minimum Gasteiger partial charge on any atom is -0.337 e. The van der Waals surface area contributed by atoms with E-state index in [0.717, 1.165) is 0 Å². The highest BCUT2D eigenvalue weighted by molar-refractivity contribution is 7.93. The van der Waals surface area contributed by atoms with Crippen LogP contribution in [0.15, 0.2) is 30.5 Å². The topological polar surface area (TPSA) is 84.0 Å². The number of hydrogen-bond donors (Lipinski definition) is 2. The molecule has 1 aromatic carbocycles. The molecular weight excluding hydrogens is 347 g/mol. The summed E-state index contributed by atoms with van der Waals surface area (Å²) in [4.78, 5) is 7.73. The van der Waals surface area contributed by atoms with Crippen LogP contribution in [-0.4, -0.2) is 23.6 Å². The van der Waals surface area contributed by atoms with Gasteiger partial charge in [-0.15, -0.1) is 0 Å². The Labute approximate surface area is 138 Å². The van der Waals surface area contributed by atoms with Crippen molar-refractivity contribution in [2.45, 2.75) is 19.1 Å². The van der Waals surface area contributed by atoms with E-state index in [9.17, 15) is 8.42 Å². The molecule has 2 aromatic rings. The second-order valence-corrected chi connectivity index (χ2v) is 7.68. The normalized spacial score (nSPS) is 11.5. The maximum Gasteiger partial charge on any atom is 0.235 e. The summed E-state index contributed by atoms with van der Waals surface area (Å²) in [5.41, 5.74) is 0.894. The van der Waals surface area contributed by atoms with Gasteiger partial charge in [0.25, 0.3) is 0 Å². The van der Waals surface area contributed by atoms with Gasteiger partial charge >= 0.3 is 0 Å². The summed E-state index contributed by atoms with van der Waals surface area (Å²) < 4.78 is 26.6. The quantitative estimate of drug-likeness (QED) is 0.794. The molecule has 0 saturated carbocycles. The van der Waals surface area contributed by atoms with Crippen molar-refractivity contribution >= 4 is 50.4 Å². The summed E-state index contributed by atoms with van der Waals surface area (Å²) in [6, 6.07) is 6.81. The van der Waals surface area contributed by atoms with Crippen LogP contribution >= 0.6 is 23.2 Å². The molecule has 0 aliphatic rings. The molecule has 0 radical (unpaired) electrons. The molecule has 2 rings (SSSR count). The standard InChI is InChI=1S/C13H14Cl2N4O2S/c1-8(2)22(20,21)19-11-6-4-3-5-10(11)17-12-9(14)7-16-13(15)18-12/h3-8,19H,1-2H3,(H,16,17,18). The van der Waals surface area contributed by atoms with Gasteiger partial charge in [0.1, 0.15) is 5.02 Å². The van der Waals surface area contributed by atoms with Gasteiger partial charge < -0.3 is 5.32 Å². The molecule has 0 atom stereocenters. The molecule has 22 heavy (non-hydrogen) atoms. The Morgan fingerprint density at radius 2 is 1.77 bits per heavy atom. The Balaban J connectivity index is 2.35. The summed E-state index contributed by atoms with van der Waals surface area (Å²) in [7, 11) is -3.47. The van der Waals surface area contributed by atoms with Crippen LogP contribution < -0.4 is 10.0 Å². The predicted molar refractivity (Wildman–Crippen MR) is 89.5 cm³/mol. The minimum atomic E-state index is -3.47. The number of anilines is 3. The fraction of sp³-hybridized carbons (Fsp3) is 0.231. The van der Waals surface area contributed by atoms with E-state index in [0.29, 0.717) is 11.4 Å². The number of nitrogens with one attached hydrogen (secondary N) is 2. The molecule has 0 aliphatic carbocycles. The van der Waals surface area contributed by atoms with Crippen molar-refractivity contribution in [1.82, 2.24) is 9.97 Å². The number of para-hydroxylation sites is 2. The number of sulfonamides is 1. The average molecular weight is 361 g/mol. The van der Waals surface area contributed by atoms with Crippen molar-refractivity contribution < 1.29 is 8.42 Å². The number of halogens is 2. The van der Waals surface area contributed by atoms with Crippen LogP contribution in [0.4, 0.5) is 17.2 Å². The van der Waals surface area contributed by atoms with Crippen LogP contribution in [0.1, 0.15) is 13.8 Å². The zero-order chi connectivity index (χ0) is 16.3. The third-order valence-electron chi connectivity index (χ3n) is 2.77. The van der Waals surface area contributed by atoms with E-state index in [2.05, 4.69) is 20.0 Å². The summed E-state index contributed by atoms with van der Waals surface area (Å²) in [5.74, 6) is 0.290. The van der Waals surface area contributed by atoms with Gasteiger partial charge in [-0.05, 0) is 37.6 Å². The smallest absolute Gasteiger partial charge is 0.235 e. The Hall–Kier alpha value is -1.57. The molecule has 0 saturated heterocycles. The molecule has 6 nitrogen and oxygen atoms in total. The van der Waals surface area contributed by atoms with Gasteiger partial charge in [0, 0.05) is 0 Å². The first-order valence-electron chi connectivity index (χ1n) is 6.35. The lowest BCUT2D eigenvalue weighted by Gasteiger charge is -2.15. The van der Waals surface area contributed by atoms with Crippen molar-refractivity contribution in [3.8, 4) is 0 Å². The van der Waals surface area contributed by atoms with Crippen molar-refractivity contribution in [1.29, 1.82) is 0 Å². The second-order valence-electron chi connectivity index (χ2n) is 4.70. The van der Waals surface area contributed by atoms with E-state index < -0.39 is 15.3 Å². The van der Waals surface area contributed by atoms with Crippen LogP contribution in [0.2, 0.25) is 10.3 Å². The van der Waals surface area contributed by atoms with Gasteiger partial charge in [0.2, 0.25) is 15.3 Å². The molecule has 0 amide bonds. The Morgan fingerprint density at radius 1 is 1.14 bits per heavy atom. The van der Waals surface area contributed by atoms with Crippen LogP contribution in [0, 0.1) is 0 Å². The van der Waals surface area contributed by atoms with Crippen LogP contribution in [0.5, 0.6) is 0 Å². The molecule has 9 heteroatoms. The van der Waals surface area contributed by atoms with Gasteiger partial charge in [0.15, 0.2) is 5.82 Å². The van der Waals surface area contributed by atoms with Crippen LogP contribution in [0.25, 0.3) is 0 Å². The lowest BCUT2D eigenvalue weighted by molar-refractivity contribution is 0.593. The number of nitrogens with zero attached hydrogens (tertiary/aromatic N) is 2. The Morgan fingerprint density at radius 3 is 2.41 bits per heavy atom. The lowest BCUT2D eigenvalue weighted by atomic mass is 10.2. The third-order valence-corrected chi connectivity index (χ3v) is 4.97. The van der Waals surface area contributed by atoms with E-state index in [1.807, 2.05) is 0 Å². The largest absolute Gasteiger partial charge is 0.337 e. The fourth-order valence-electron chi connectivity index (χ4n) is 1.51. The van der Waals surface area contributed by atoms with E-state index in [1.165, 1.54) is 6.20 Å². The zero-order valence-corrected chi connectivity index (χ0v) is 14.2. The van der Waals surface area contributed by atoms with Crippen LogP contribution in [-0.2, 0) is 10.0 Å². The molecule has 1 heterocycles. The maximum atomic E-state index is 12.0. The molecule has 2 N–H and O–H groups in total. The second kappa shape index (κ2) is 6.68. The van der Waals surface area contributed by atoms with Gasteiger partial charge in [0.05, 0.1) is 22.8 Å². The summed E-state index contributed by atoms with van der Waals surface area (Å²) >= 11 is 11.7. The number of aromatic nitrogens is 2. The maximum absolute atomic E-state index is 12.0. The minimum absolute atomic E-state index is 0.0344. The molecule has 0 bridgehead atoms. The number of hydrogen-bond acceptors (Lipinski definition) is 5. The van der Waals surface area contributed by atoms with E-state index >= 15 is 0 Å². The first-order valence-corrected chi connectivity index (χ1v) is 8.65. The SMILES string of the molecule is CC(C)S(=O)(=O)Nc1ccccc1Nc1nc(Cl)ncc1Cl. The van der Waals surface area contributed by atoms with Crippen LogP contribution in [0.3, 0.4) is 0 Å². The third kappa shape index (κ3) is 4.00. The highest BCUT2D eigenvalue weighted by Gasteiger charge is 2.17. The van der Waals surface area contributed by atoms with Crippen molar-refractivity contribution in [2.24, 2.45) is 0 Å². The fourth-order valence-corrected chi connectivity index (χ4v) is 2.50. The van der Waals surface area contributed by atoms with Crippen molar-refractivity contribution in [3.63, 3.8) is 0 Å². The first kappa shape index (κ1) is 16.8. The molecule has 0 spiro atoms. The van der Waals surface area contributed by atoms with E-state index in [1.54, 1.807) is 38.1 Å². The van der Waals surface area contributed by atoms with E-state index in [4.69, 9.17) is 23.2 Å². The molecule has 0 aliphatic heterocycles. The molecule has 0 unspecified atom stereocenters. The summed E-state index contributed by atoms with van der Waals surface area (Å²) in [5, 5.41) is 2.69. The molecule has 1 aromatic heterocycles. The van der Waals surface area contributed by atoms with Gasteiger partial charge in [-0.2, -0.15) is 4.98 Å². The van der Waals surface area contributed by atoms with E-state index in [-0.39, 0.29) is 16.1 Å². The summed E-state index contributed by atoms with van der Waals surface area (Å²) in [6.45, 7) is 3.19. The van der Waals surface area contributed by atoms with Gasteiger partial charge in [-0.25, -0.2) is 13.4 Å². The number of benzene rings is 1. The van der Waals surface area contributed by atoms with Gasteiger partial charge in [-0.3, -0.25) is 4.72 Å². The zero-order valence-electron chi connectivity index (χ0n) is 11.8. The molecule has 118 valence electrons. The molecular formula is C13H14Cl2N4O2S. The van der Waals surface area contributed by atoms with Crippen molar-refractivity contribution in [2.75, 3.05) is 10.0 Å². The Kier molecular flexibility index (Phi) is 5.10. The molecule has 0 fully saturated rings. The highest BCUT2D eigenvalue weighted by atomic mass is 35.5. The predicted octanol–water partition coefficient (Wildman–Crippen LogP) is 3.68. The Bertz CT molecular complexity index is 781. The number of rotatable bonds is 5. The lowest BCUT2D eigenvalue weighted by Crippen LogP contribution is -2.22. The summed E-state index contributed by atoms with van der Waals surface area (Å²) in [6.07, 6.45) is 1.36. The van der Waals surface area contributed by atoms with Crippen molar-refractivity contribution in [3.05, 3.63) is 40.8 Å². The average Bonchev–Trinajstić information content (AvgIpc) is 2.44. The first-order chi connectivity index (χ1) is 10.3. The van der Waals surface area contributed by atoms with Gasteiger partial charge in [-0.1, -0.05) is 23.7 Å². The highest BCUT2D eigenvalue weighted by Crippen LogP contribution is 2.29. The monoisotopic (exact) mass is 360 g/mol.